The van der Waals surface area contributed by atoms with E-state index in [2.05, 4.69) is 42.2 Å². The maximum Gasteiger partial charge on any atom is 0.137 e. The van der Waals surface area contributed by atoms with Crippen LogP contribution in [0.3, 0.4) is 0 Å². The molecule has 1 N–H and O–H groups in total. The number of aromatic nitrogens is 1. The van der Waals surface area contributed by atoms with Gasteiger partial charge in [-0.1, -0.05) is 6.92 Å². The van der Waals surface area contributed by atoms with Gasteiger partial charge in [0.25, 0.3) is 0 Å². The van der Waals surface area contributed by atoms with Crippen LogP contribution >= 0.6 is 0 Å². The van der Waals surface area contributed by atoms with E-state index >= 15 is 0 Å². The van der Waals surface area contributed by atoms with Crippen LogP contribution in [0.5, 0.6) is 5.75 Å². The minimum Gasteiger partial charge on any atom is -0.492 e. The van der Waals surface area contributed by atoms with Gasteiger partial charge in [0.1, 0.15) is 5.75 Å². The summed E-state index contributed by atoms with van der Waals surface area (Å²) in [6, 6.07) is 5.08. The van der Waals surface area contributed by atoms with E-state index < -0.39 is 0 Å². The highest BCUT2D eigenvalue weighted by Crippen LogP contribution is 2.19. The predicted octanol–water partition coefficient (Wildman–Crippen LogP) is 3.01. The van der Waals surface area contributed by atoms with Gasteiger partial charge in [-0.15, -0.1) is 0 Å². The molecule has 1 aromatic rings. The molecule has 2 heterocycles. The Kier molecular flexibility index (Phi) is 6.46. The molecule has 4 heteroatoms. The fourth-order valence-corrected chi connectivity index (χ4v) is 2.86. The van der Waals surface area contributed by atoms with Gasteiger partial charge in [0.15, 0.2) is 0 Å². The molecule has 1 fully saturated rings. The lowest BCUT2D eigenvalue weighted by Crippen LogP contribution is -2.26. The molecule has 0 saturated carbocycles. The summed E-state index contributed by atoms with van der Waals surface area (Å²) in [4.78, 5) is 6.94. The van der Waals surface area contributed by atoms with Gasteiger partial charge in [0.05, 0.1) is 18.5 Å². The van der Waals surface area contributed by atoms with Gasteiger partial charge in [-0.25, -0.2) is 0 Å². The molecule has 2 rings (SSSR count). The van der Waals surface area contributed by atoms with Gasteiger partial charge in [0, 0.05) is 12.1 Å². The average molecular weight is 291 g/mol. The first-order valence-electron chi connectivity index (χ1n) is 8.23. The van der Waals surface area contributed by atoms with E-state index in [1.165, 1.54) is 19.4 Å². The van der Waals surface area contributed by atoms with Crippen molar-refractivity contribution >= 4 is 0 Å². The Labute approximate surface area is 128 Å². The predicted molar refractivity (Wildman–Crippen MR) is 86.7 cm³/mol. The summed E-state index contributed by atoms with van der Waals surface area (Å²) >= 11 is 0. The molecule has 4 nitrogen and oxygen atoms in total. The molecule has 0 bridgehead atoms. The summed E-state index contributed by atoms with van der Waals surface area (Å²) in [5.74, 6) is 0.877. The summed E-state index contributed by atoms with van der Waals surface area (Å²) in [7, 11) is 2.21. The number of nitrogens with one attached hydrogen (secondary N) is 1. The molecule has 1 aliphatic rings. The molecule has 1 saturated heterocycles. The van der Waals surface area contributed by atoms with Crippen LogP contribution in [0.1, 0.15) is 51.3 Å². The Balaban J connectivity index is 1.74. The lowest BCUT2D eigenvalue weighted by molar-refractivity contribution is 0.233. The molecule has 1 aromatic heterocycles. The highest BCUT2D eigenvalue weighted by atomic mass is 16.5. The average Bonchev–Trinajstić information content (AvgIpc) is 2.91. The zero-order valence-electron chi connectivity index (χ0n) is 13.6. The van der Waals surface area contributed by atoms with Gasteiger partial charge in [0.2, 0.25) is 0 Å². The molecule has 0 amide bonds. The zero-order valence-corrected chi connectivity index (χ0v) is 13.6. The van der Waals surface area contributed by atoms with E-state index in [1.807, 2.05) is 12.3 Å². The standard InChI is InChI=1S/C17H29N3O/c1-4-10-18-14(2)17-8-7-16(13-19-17)21-12-9-15-6-5-11-20(15)3/h7-8,13-15,18H,4-6,9-12H2,1-3H3. The topological polar surface area (TPSA) is 37.4 Å². The maximum absolute atomic E-state index is 5.82. The number of pyridine rings is 1. The summed E-state index contributed by atoms with van der Waals surface area (Å²) in [5.41, 5.74) is 1.08. The van der Waals surface area contributed by atoms with Gasteiger partial charge in [-0.2, -0.15) is 0 Å². The monoisotopic (exact) mass is 291 g/mol. The van der Waals surface area contributed by atoms with Crippen LogP contribution in [0.4, 0.5) is 0 Å². The summed E-state index contributed by atoms with van der Waals surface area (Å²) in [6.07, 6.45) is 6.71. The van der Waals surface area contributed by atoms with Crippen LogP contribution in [0.2, 0.25) is 0 Å². The van der Waals surface area contributed by atoms with E-state index in [9.17, 15) is 0 Å². The van der Waals surface area contributed by atoms with Crippen LogP contribution in [0.15, 0.2) is 18.3 Å². The second-order valence-corrected chi connectivity index (χ2v) is 6.01. The molecule has 0 aliphatic carbocycles. The second-order valence-electron chi connectivity index (χ2n) is 6.01. The molecule has 0 radical (unpaired) electrons. The summed E-state index contributed by atoms with van der Waals surface area (Å²) < 4.78 is 5.82. The van der Waals surface area contributed by atoms with Crippen molar-refractivity contribution in [2.45, 2.75) is 51.6 Å². The Hall–Kier alpha value is -1.13. The summed E-state index contributed by atoms with van der Waals surface area (Å²) in [5, 5.41) is 3.44. The molecule has 2 unspecified atom stereocenters. The van der Waals surface area contributed by atoms with Crippen LogP contribution in [-0.4, -0.2) is 42.7 Å². The third-order valence-electron chi connectivity index (χ3n) is 4.29. The van der Waals surface area contributed by atoms with Gasteiger partial charge in [-0.05, 0) is 64.9 Å². The second kappa shape index (κ2) is 8.35. The minimum atomic E-state index is 0.297. The number of hydrogen-bond acceptors (Lipinski definition) is 4. The number of ether oxygens (including phenoxy) is 1. The van der Waals surface area contributed by atoms with Crippen molar-refractivity contribution in [3.63, 3.8) is 0 Å². The Morgan fingerprint density at radius 3 is 2.95 bits per heavy atom. The van der Waals surface area contributed by atoms with Crippen molar-refractivity contribution in [3.05, 3.63) is 24.0 Å². The molecule has 0 spiro atoms. The highest BCUT2D eigenvalue weighted by molar-refractivity contribution is 5.21. The van der Waals surface area contributed by atoms with Crippen LogP contribution < -0.4 is 10.1 Å². The van der Waals surface area contributed by atoms with Gasteiger partial charge >= 0.3 is 0 Å². The number of nitrogens with zero attached hydrogens (tertiary/aromatic N) is 2. The van der Waals surface area contributed by atoms with E-state index in [4.69, 9.17) is 4.74 Å². The van der Waals surface area contributed by atoms with E-state index in [1.54, 1.807) is 0 Å². The molecular formula is C17H29N3O. The van der Waals surface area contributed by atoms with Crippen molar-refractivity contribution in [2.24, 2.45) is 0 Å². The largest absolute Gasteiger partial charge is 0.492 e. The van der Waals surface area contributed by atoms with Crippen LogP contribution in [0, 0.1) is 0 Å². The Bertz CT molecular complexity index is 407. The molecule has 0 aromatic carbocycles. The highest BCUT2D eigenvalue weighted by Gasteiger charge is 2.20. The van der Waals surface area contributed by atoms with Crippen molar-refractivity contribution in [3.8, 4) is 5.75 Å². The maximum atomic E-state index is 5.82. The third-order valence-corrected chi connectivity index (χ3v) is 4.29. The Morgan fingerprint density at radius 1 is 1.48 bits per heavy atom. The van der Waals surface area contributed by atoms with Crippen molar-refractivity contribution < 1.29 is 4.74 Å². The molecule has 21 heavy (non-hydrogen) atoms. The number of likely N-dealkylation sites (tertiary alicyclic amines) is 1. The Morgan fingerprint density at radius 2 is 2.33 bits per heavy atom. The smallest absolute Gasteiger partial charge is 0.137 e. The molecule has 2 atom stereocenters. The number of rotatable bonds is 8. The first-order valence-corrected chi connectivity index (χ1v) is 8.23. The van der Waals surface area contributed by atoms with E-state index in [0.717, 1.165) is 37.4 Å². The first-order chi connectivity index (χ1) is 10.2. The fourth-order valence-electron chi connectivity index (χ4n) is 2.86. The fraction of sp³-hybridized carbons (Fsp3) is 0.706. The van der Waals surface area contributed by atoms with Gasteiger partial charge < -0.3 is 15.0 Å². The zero-order chi connectivity index (χ0) is 15.1. The van der Waals surface area contributed by atoms with Gasteiger partial charge in [-0.3, -0.25) is 4.98 Å². The van der Waals surface area contributed by atoms with Crippen molar-refractivity contribution in [2.75, 3.05) is 26.7 Å². The van der Waals surface area contributed by atoms with E-state index in [0.29, 0.717) is 12.1 Å². The van der Waals surface area contributed by atoms with E-state index in [-0.39, 0.29) is 0 Å². The molecule has 1 aliphatic heterocycles. The van der Waals surface area contributed by atoms with Crippen molar-refractivity contribution in [1.29, 1.82) is 0 Å². The SMILES string of the molecule is CCCNC(C)c1ccc(OCCC2CCCN2C)cn1. The lowest BCUT2D eigenvalue weighted by atomic mass is 10.1. The third kappa shape index (κ3) is 4.97. The molecular weight excluding hydrogens is 262 g/mol. The first kappa shape index (κ1) is 16.2. The normalized spacial score (nSPS) is 20.6. The van der Waals surface area contributed by atoms with Crippen molar-refractivity contribution in [1.82, 2.24) is 15.2 Å². The number of hydrogen-bond donors (Lipinski definition) is 1. The summed E-state index contributed by atoms with van der Waals surface area (Å²) in [6.45, 7) is 7.35. The molecule has 118 valence electrons. The minimum absolute atomic E-state index is 0.297. The lowest BCUT2D eigenvalue weighted by Gasteiger charge is -2.19. The van der Waals surface area contributed by atoms with Crippen LogP contribution in [0.25, 0.3) is 0 Å². The quantitative estimate of drug-likeness (QED) is 0.799. The van der Waals surface area contributed by atoms with Crippen LogP contribution in [-0.2, 0) is 0 Å².